The minimum atomic E-state index is -0.130. The lowest BCUT2D eigenvalue weighted by molar-refractivity contribution is -0.115. The van der Waals surface area contributed by atoms with E-state index in [1.807, 2.05) is 48.5 Å². The van der Waals surface area contributed by atoms with E-state index in [0.717, 1.165) is 75.7 Å². The average Bonchev–Trinajstić information content (AvgIpc) is 2.97. The molecule has 6 nitrogen and oxygen atoms in total. The van der Waals surface area contributed by atoms with Gasteiger partial charge in [-0.1, -0.05) is 79.6 Å². The molecule has 2 aliphatic rings. The summed E-state index contributed by atoms with van der Waals surface area (Å²) in [6.07, 6.45) is 7.78. The van der Waals surface area contributed by atoms with Gasteiger partial charge in [-0.15, -0.1) is 0 Å². The SMILES string of the molecule is NC1CCCCC1NC(=O)c1ccc(CN2CCC(Cc3ccccc3)CC2)c(NC(=O)Cc2ccccc2)c1. The van der Waals surface area contributed by atoms with E-state index in [4.69, 9.17) is 5.73 Å². The van der Waals surface area contributed by atoms with Crippen molar-refractivity contribution < 1.29 is 9.59 Å². The molecule has 1 aliphatic heterocycles. The predicted octanol–water partition coefficient (Wildman–Crippen LogP) is 5.32. The van der Waals surface area contributed by atoms with Crippen LogP contribution in [0.1, 0.15) is 65.6 Å². The third-order valence-corrected chi connectivity index (χ3v) is 8.46. The van der Waals surface area contributed by atoms with Gasteiger partial charge in [0.15, 0.2) is 0 Å². The van der Waals surface area contributed by atoms with Crippen molar-refractivity contribution in [1.82, 2.24) is 10.2 Å². The molecule has 40 heavy (non-hydrogen) atoms. The number of likely N-dealkylation sites (tertiary alicyclic amines) is 1. The maximum atomic E-state index is 13.2. The van der Waals surface area contributed by atoms with E-state index < -0.39 is 0 Å². The standard InChI is InChI=1S/C34H42N4O2/c35-30-13-7-8-14-31(30)37-34(40)28-15-16-29(32(23-28)36-33(39)22-26-11-5-2-6-12-26)24-38-19-17-27(18-20-38)21-25-9-3-1-4-10-25/h1-6,9-12,15-16,23,27,30-31H,7-8,13-14,17-22,24,35H2,(H,36,39)(H,37,40). The number of amides is 2. The number of benzene rings is 3. The Morgan fingerprint density at radius 2 is 1.50 bits per heavy atom. The first-order chi connectivity index (χ1) is 19.5. The van der Waals surface area contributed by atoms with Crippen molar-refractivity contribution in [3.05, 3.63) is 101 Å². The molecule has 4 N–H and O–H groups in total. The van der Waals surface area contributed by atoms with Gasteiger partial charge in [-0.25, -0.2) is 0 Å². The highest BCUT2D eigenvalue weighted by molar-refractivity contribution is 5.98. The van der Waals surface area contributed by atoms with Crippen molar-refractivity contribution in [2.75, 3.05) is 18.4 Å². The zero-order valence-corrected chi connectivity index (χ0v) is 23.4. The highest BCUT2D eigenvalue weighted by Crippen LogP contribution is 2.26. The topological polar surface area (TPSA) is 87.5 Å². The summed E-state index contributed by atoms with van der Waals surface area (Å²) in [5.74, 6) is 0.482. The number of hydrogen-bond donors (Lipinski definition) is 3. The van der Waals surface area contributed by atoms with Crippen LogP contribution in [0.5, 0.6) is 0 Å². The van der Waals surface area contributed by atoms with E-state index >= 15 is 0 Å². The predicted molar refractivity (Wildman–Crippen MR) is 161 cm³/mol. The summed E-state index contributed by atoms with van der Waals surface area (Å²) in [6, 6.07) is 26.2. The number of rotatable bonds is 9. The molecular formula is C34H42N4O2. The van der Waals surface area contributed by atoms with Crippen LogP contribution in [0.3, 0.4) is 0 Å². The van der Waals surface area contributed by atoms with Gasteiger partial charge in [-0.3, -0.25) is 14.5 Å². The van der Waals surface area contributed by atoms with Gasteiger partial charge >= 0.3 is 0 Å². The number of nitrogens with one attached hydrogen (secondary N) is 2. The van der Waals surface area contributed by atoms with E-state index in [1.165, 1.54) is 5.56 Å². The number of nitrogens with zero attached hydrogens (tertiary/aromatic N) is 1. The van der Waals surface area contributed by atoms with Gasteiger partial charge in [0.05, 0.1) is 6.42 Å². The van der Waals surface area contributed by atoms with Gasteiger partial charge in [0.2, 0.25) is 5.91 Å². The molecule has 0 spiro atoms. The van der Waals surface area contributed by atoms with Crippen LogP contribution in [0.25, 0.3) is 0 Å². The second-order valence-electron chi connectivity index (χ2n) is 11.5. The maximum absolute atomic E-state index is 13.2. The number of anilines is 1. The molecule has 210 valence electrons. The summed E-state index contributed by atoms with van der Waals surface area (Å²) in [7, 11) is 0. The molecule has 1 aliphatic carbocycles. The largest absolute Gasteiger partial charge is 0.348 e. The molecule has 6 heteroatoms. The smallest absolute Gasteiger partial charge is 0.251 e. The molecule has 1 heterocycles. The van der Waals surface area contributed by atoms with Crippen LogP contribution in [0.2, 0.25) is 0 Å². The molecular weight excluding hydrogens is 496 g/mol. The van der Waals surface area contributed by atoms with Gasteiger partial charge in [0.1, 0.15) is 0 Å². The Labute approximate surface area is 238 Å². The Morgan fingerprint density at radius 3 is 2.20 bits per heavy atom. The van der Waals surface area contributed by atoms with E-state index in [2.05, 4.69) is 45.9 Å². The number of piperidine rings is 1. The first-order valence-corrected chi connectivity index (χ1v) is 14.8. The van der Waals surface area contributed by atoms with Gasteiger partial charge in [-0.05, 0) is 79.9 Å². The molecule has 2 atom stereocenters. The van der Waals surface area contributed by atoms with Gasteiger partial charge in [-0.2, -0.15) is 0 Å². The Hall–Kier alpha value is -3.48. The minimum absolute atomic E-state index is 0.00534. The van der Waals surface area contributed by atoms with Crippen LogP contribution >= 0.6 is 0 Å². The van der Waals surface area contributed by atoms with Crippen LogP contribution in [0.15, 0.2) is 78.9 Å². The lowest BCUT2D eigenvalue weighted by Gasteiger charge is -2.32. The zero-order valence-electron chi connectivity index (χ0n) is 23.4. The lowest BCUT2D eigenvalue weighted by atomic mass is 9.90. The van der Waals surface area contributed by atoms with Crippen LogP contribution in [0, 0.1) is 5.92 Å². The number of nitrogens with two attached hydrogens (primary N) is 1. The molecule has 2 fully saturated rings. The van der Waals surface area contributed by atoms with E-state index in [9.17, 15) is 9.59 Å². The number of hydrogen-bond acceptors (Lipinski definition) is 4. The highest BCUT2D eigenvalue weighted by atomic mass is 16.2. The molecule has 5 rings (SSSR count). The summed E-state index contributed by atoms with van der Waals surface area (Å²) in [5, 5.41) is 6.27. The van der Waals surface area contributed by atoms with Crippen molar-refractivity contribution in [2.24, 2.45) is 11.7 Å². The van der Waals surface area contributed by atoms with E-state index in [0.29, 0.717) is 23.6 Å². The maximum Gasteiger partial charge on any atom is 0.251 e. The molecule has 3 aromatic rings. The Balaban J connectivity index is 1.26. The fourth-order valence-electron chi connectivity index (χ4n) is 6.08. The fourth-order valence-corrected chi connectivity index (χ4v) is 6.08. The summed E-state index contributed by atoms with van der Waals surface area (Å²) in [6.45, 7) is 2.79. The molecule has 0 bridgehead atoms. The third-order valence-electron chi connectivity index (χ3n) is 8.46. The molecule has 1 saturated carbocycles. The minimum Gasteiger partial charge on any atom is -0.348 e. The quantitative estimate of drug-likeness (QED) is 0.344. The first kappa shape index (κ1) is 28.1. The average molecular weight is 539 g/mol. The van der Waals surface area contributed by atoms with Crippen molar-refractivity contribution >= 4 is 17.5 Å². The van der Waals surface area contributed by atoms with E-state index in [-0.39, 0.29) is 23.9 Å². The van der Waals surface area contributed by atoms with Crippen LogP contribution in [-0.2, 0) is 24.2 Å². The summed E-state index contributed by atoms with van der Waals surface area (Å²) in [5.41, 5.74) is 11.0. The van der Waals surface area contributed by atoms with Gasteiger partial charge in [0, 0.05) is 29.9 Å². The van der Waals surface area contributed by atoms with Crippen molar-refractivity contribution in [3.63, 3.8) is 0 Å². The molecule has 2 amide bonds. The summed E-state index contributed by atoms with van der Waals surface area (Å²) in [4.78, 5) is 28.7. The molecule has 3 aromatic carbocycles. The summed E-state index contributed by atoms with van der Waals surface area (Å²) >= 11 is 0. The number of carbonyl (C=O) groups excluding carboxylic acids is 2. The number of carbonyl (C=O) groups is 2. The Bertz CT molecular complexity index is 1260. The molecule has 2 unspecified atom stereocenters. The molecule has 1 saturated heterocycles. The zero-order chi connectivity index (χ0) is 27.7. The Kier molecular flexibility index (Phi) is 9.63. The Morgan fingerprint density at radius 1 is 0.825 bits per heavy atom. The second-order valence-corrected chi connectivity index (χ2v) is 11.5. The van der Waals surface area contributed by atoms with E-state index in [1.54, 1.807) is 0 Å². The van der Waals surface area contributed by atoms with Gasteiger partial charge in [0.25, 0.3) is 5.91 Å². The fraction of sp³-hybridized carbons (Fsp3) is 0.412. The van der Waals surface area contributed by atoms with Crippen molar-refractivity contribution in [3.8, 4) is 0 Å². The highest BCUT2D eigenvalue weighted by Gasteiger charge is 2.25. The summed E-state index contributed by atoms with van der Waals surface area (Å²) < 4.78 is 0. The van der Waals surface area contributed by atoms with Crippen LogP contribution < -0.4 is 16.4 Å². The lowest BCUT2D eigenvalue weighted by Crippen LogP contribution is -2.49. The first-order valence-electron chi connectivity index (χ1n) is 14.8. The van der Waals surface area contributed by atoms with Crippen LogP contribution in [-0.4, -0.2) is 41.9 Å². The third kappa shape index (κ3) is 7.80. The van der Waals surface area contributed by atoms with Crippen molar-refractivity contribution in [2.45, 2.75) is 70.0 Å². The van der Waals surface area contributed by atoms with Crippen LogP contribution in [0.4, 0.5) is 5.69 Å². The molecule has 0 aromatic heterocycles. The normalized spacial score (nSPS) is 20.1. The molecule has 0 radical (unpaired) electrons. The van der Waals surface area contributed by atoms with Gasteiger partial charge < -0.3 is 16.4 Å². The monoisotopic (exact) mass is 538 g/mol. The second kappa shape index (κ2) is 13.7. The van der Waals surface area contributed by atoms with Crippen molar-refractivity contribution in [1.29, 1.82) is 0 Å².